The van der Waals surface area contributed by atoms with Gasteiger partial charge in [0, 0.05) is 0 Å². The Morgan fingerprint density at radius 3 is 2.40 bits per heavy atom. The molecule has 0 heterocycles. The number of rotatable bonds is 4. The Balaban J connectivity index is 1.44. The molecule has 0 aliphatic heterocycles. The first-order chi connectivity index (χ1) is 7.31. The van der Waals surface area contributed by atoms with E-state index in [0.29, 0.717) is 0 Å². The molecule has 4 atom stereocenters. The van der Waals surface area contributed by atoms with Crippen LogP contribution in [0.3, 0.4) is 0 Å². The quantitative estimate of drug-likeness (QED) is 0.751. The van der Waals surface area contributed by atoms with E-state index >= 15 is 0 Å². The van der Waals surface area contributed by atoms with Crippen molar-refractivity contribution in [2.45, 2.75) is 63.9 Å². The van der Waals surface area contributed by atoms with E-state index in [1.54, 1.807) is 0 Å². The van der Waals surface area contributed by atoms with Crippen molar-refractivity contribution in [2.24, 2.45) is 23.7 Å². The van der Waals surface area contributed by atoms with Gasteiger partial charge in [0.25, 0.3) is 0 Å². The Bertz CT molecular complexity index is 221. The maximum atomic E-state index is 10.1. The number of fused-ring (bicyclic) bond motifs is 2. The summed E-state index contributed by atoms with van der Waals surface area (Å²) in [5, 5.41) is 10.1. The standard InChI is InChI=1S/C14H24O/c15-14(8-10-2-1-3-10)9-13-7-11-4-5-12(13)6-11/h10-15H,1-9H2. The summed E-state index contributed by atoms with van der Waals surface area (Å²) in [5.41, 5.74) is 0. The van der Waals surface area contributed by atoms with Crippen LogP contribution in [0.25, 0.3) is 0 Å². The van der Waals surface area contributed by atoms with E-state index in [1.165, 1.54) is 44.9 Å². The molecule has 1 heteroatoms. The molecular formula is C14H24O. The lowest BCUT2D eigenvalue weighted by Gasteiger charge is -2.30. The van der Waals surface area contributed by atoms with Gasteiger partial charge in [-0.05, 0) is 55.8 Å². The molecule has 4 unspecified atom stereocenters. The minimum Gasteiger partial charge on any atom is -0.393 e. The topological polar surface area (TPSA) is 20.2 Å². The zero-order valence-electron chi connectivity index (χ0n) is 9.70. The molecule has 0 aromatic carbocycles. The summed E-state index contributed by atoms with van der Waals surface area (Å²) in [6.45, 7) is 0. The number of hydrogen-bond donors (Lipinski definition) is 1. The Morgan fingerprint density at radius 1 is 1.00 bits per heavy atom. The van der Waals surface area contributed by atoms with Gasteiger partial charge < -0.3 is 5.11 Å². The van der Waals surface area contributed by atoms with E-state index < -0.39 is 0 Å². The van der Waals surface area contributed by atoms with Gasteiger partial charge in [-0.15, -0.1) is 0 Å². The van der Waals surface area contributed by atoms with E-state index in [1.807, 2.05) is 0 Å². The minimum atomic E-state index is 0.0275. The minimum absolute atomic E-state index is 0.0275. The van der Waals surface area contributed by atoms with Crippen LogP contribution < -0.4 is 0 Å². The Hall–Kier alpha value is -0.0400. The van der Waals surface area contributed by atoms with Crippen molar-refractivity contribution in [3.8, 4) is 0 Å². The SMILES string of the molecule is OC(CC1CCC1)CC1CC2CCC1C2. The molecule has 3 aliphatic rings. The average molecular weight is 208 g/mol. The maximum absolute atomic E-state index is 10.1. The van der Waals surface area contributed by atoms with Gasteiger partial charge in [0.1, 0.15) is 0 Å². The molecular weight excluding hydrogens is 184 g/mol. The lowest BCUT2D eigenvalue weighted by molar-refractivity contribution is 0.0832. The van der Waals surface area contributed by atoms with Crippen molar-refractivity contribution in [3.05, 3.63) is 0 Å². The van der Waals surface area contributed by atoms with E-state index in [-0.39, 0.29) is 6.10 Å². The monoisotopic (exact) mass is 208 g/mol. The third-order valence-corrected chi connectivity index (χ3v) is 5.29. The van der Waals surface area contributed by atoms with Crippen LogP contribution in [0.1, 0.15) is 57.8 Å². The summed E-state index contributed by atoms with van der Waals surface area (Å²) in [6.07, 6.45) is 12.3. The molecule has 1 nitrogen and oxygen atoms in total. The summed E-state index contributed by atoms with van der Waals surface area (Å²) in [4.78, 5) is 0. The fourth-order valence-electron chi connectivity index (χ4n) is 4.22. The molecule has 0 saturated heterocycles. The summed E-state index contributed by atoms with van der Waals surface area (Å²) >= 11 is 0. The van der Waals surface area contributed by atoms with Gasteiger partial charge in [-0.1, -0.05) is 25.7 Å². The molecule has 0 amide bonds. The van der Waals surface area contributed by atoms with Gasteiger partial charge in [0.2, 0.25) is 0 Å². The number of aliphatic hydroxyl groups excluding tert-OH is 1. The summed E-state index contributed by atoms with van der Waals surface area (Å²) in [6, 6.07) is 0. The highest BCUT2D eigenvalue weighted by molar-refractivity contribution is 4.91. The van der Waals surface area contributed by atoms with Crippen molar-refractivity contribution in [1.29, 1.82) is 0 Å². The smallest absolute Gasteiger partial charge is 0.0545 e. The number of aliphatic hydroxyl groups is 1. The van der Waals surface area contributed by atoms with Crippen LogP contribution >= 0.6 is 0 Å². The summed E-state index contributed by atoms with van der Waals surface area (Å²) < 4.78 is 0. The van der Waals surface area contributed by atoms with Crippen LogP contribution in [0, 0.1) is 23.7 Å². The zero-order chi connectivity index (χ0) is 10.3. The predicted octanol–water partition coefficient (Wildman–Crippen LogP) is 3.36. The van der Waals surface area contributed by atoms with Gasteiger partial charge in [-0.25, -0.2) is 0 Å². The van der Waals surface area contributed by atoms with Crippen molar-refractivity contribution in [1.82, 2.24) is 0 Å². The maximum Gasteiger partial charge on any atom is 0.0545 e. The highest BCUT2D eigenvalue weighted by Gasteiger charge is 2.40. The van der Waals surface area contributed by atoms with Crippen molar-refractivity contribution >= 4 is 0 Å². The van der Waals surface area contributed by atoms with Crippen LogP contribution in [0.2, 0.25) is 0 Å². The van der Waals surface area contributed by atoms with Crippen LogP contribution in [0.5, 0.6) is 0 Å². The van der Waals surface area contributed by atoms with Crippen LogP contribution in [0.4, 0.5) is 0 Å². The van der Waals surface area contributed by atoms with Gasteiger partial charge in [0.05, 0.1) is 6.10 Å². The second kappa shape index (κ2) is 4.08. The molecule has 3 aliphatic carbocycles. The molecule has 0 spiro atoms. The Labute approximate surface area is 93.3 Å². The fourth-order valence-corrected chi connectivity index (χ4v) is 4.22. The third-order valence-electron chi connectivity index (χ3n) is 5.29. The molecule has 0 aromatic rings. The van der Waals surface area contributed by atoms with Crippen molar-refractivity contribution in [2.75, 3.05) is 0 Å². The summed E-state index contributed by atoms with van der Waals surface area (Å²) in [7, 11) is 0. The molecule has 2 bridgehead atoms. The van der Waals surface area contributed by atoms with Gasteiger partial charge >= 0.3 is 0 Å². The molecule has 86 valence electrons. The third kappa shape index (κ3) is 2.08. The molecule has 15 heavy (non-hydrogen) atoms. The first kappa shape index (κ1) is 10.1. The Morgan fingerprint density at radius 2 is 1.87 bits per heavy atom. The van der Waals surface area contributed by atoms with E-state index in [0.717, 1.165) is 36.5 Å². The number of hydrogen-bond acceptors (Lipinski definition) is 1. The zero-order valence-corrected chi connectivity index (χ0v) is 9.70. The van der Waals surface area contributed by atoms with E-state index in [2.05, 4.69) is 0 Å². The molecule has 3 fully saturated rings. The van der Waals surface area contributed by atoms with Gasteiger partial charge in [-0.2, -0.15) is 0 Å². The predicted molar refractivity (Wildman–Crippen MR) is 61.5 cm³/mol. The molecule has 1 N–H and O–H groups in total. The highest BCUT2D eigenvalue weighted by atomic mass is 16.3. The lowest BCUT2D eigenvalue weighted by Crippen LogP contribution is -2.23. The first-order valence-electron chi connectivity index (χ1n) is 6.99. The largest absolute Gasteiger partial charge is 0.393 e. The molecule has 3 rings (SSSR count). The van der Waals surface area contributed by atoms with Crippen molar-refractivity contribution in [3.63, 3.8) is 0 Å². The van der Waals surface area contributed by atoms with E-state index in [9.17, 15) is 5.11 Å². The van der Waals surface area contributed by atoms with Crippen LogP contribution in [-0.2, 0) is 0 Å². The normalized spacial score (nSPS) is 41.8. The van der Waals surface area contributed by atoms with Crippen molar-refractivity contribution < 1.29 is 5.11 Å². The van der Waals surface area contributed by atoms with Gasteiger partial charge in [-0.3, -0.25) is 0 Å². The summed E-state index contributed by atoms with van der Waals surface area (Å²) in [5.74, 6) is 3.79. The van der Waals surface area contributed by atoms with Crippen LogP contribution in [-0.4, -0.2) is 11.2 Å². The highest BCUT2D eigenvalue weighted by Crippen LogP contribution is 2.50. The van der Waals surface area contributed by atoms with Gasteiger partial charge in [0.15, 0.2) is 0 Å². The second-order valence-corrected chi connectivity index (χ2v) is 6.36. The molecule has 3 saturated carbocycles. The van der Waals surface area contributed by atoms with E-state index in [4.69, 9.17) is 0 Å². The Kier molecular flexibility index (Phi) is 2.76. The molecule has 0 radical (unpaired) electrons. The fraction of sp³-hybridized carbons (Fsp3) is 1.00. The lowest BCUT2D eigenvalue weighted by atomic mass is 9.78. The average Bonchev–Trinajstić information content (AvgIpc) is 2.72. The van der Waals surface area contributed by atoms with Crippen LogP contribution in [0.15, 0.2) is 0 Å². The molecule has 0 aromatic heterocycles. The second-order valence-electron chi connectivity index (χ2n) is 6.36. The first-order valence-corrected chi connectivity index (χ1v) is 6.99.